The van der Waals surface area contributed by atoms with Crippen LogP contribution < -0.4 is 5.32 Å². The zero-order valence-electron chi connectivity index (χ0n) is 20.7. The Morgan fingerprint density at radius 1 is 0.944 bits per heavy atom. The molecule has 0 bridgehead atoms. The van der Waals surface area contributed by atoms with E-state index < -0.39 is 0 Å². The van der Waals surface area contributed by atoms with Crippen LogP contribution in [0, 0.1) is 19.8 Å². The molecule has 0 saturated carbocycles. The summed E-state index contributed by atoms with van der Waals surface area (Å²) in [6.45, 7) is 5.08. The lowest BCUT2D eigenvalue weighted by molar-refractivity contribution is -0.133. The Kier molecular flexibility index (Phi) is 6.76. The molecule has 2 amide bonds. The van der Waals surface area contributed by atoms with Crippen molar-refractivity contribution in [2.24, 2.45) is 5.92 Å². The lowest BCUT2D eigenvalue weighted by Crippen LogP contribution is -2.42. The third-order valence-electron chi connectivity index (χ3n) is 6.97. The van der Waals surface area contributed by atoms with E-state index in [0.717, 1.165) is 38.9 Å². The Morgan fingerprint density at radius 2 is 1.67 bits per heavy atom. The predicted octanol–water partition coefficient (Wildman–Crippen LogP) is 5.33. The molecule has 1 aliphatic heterocycles. The fourth-order valence-electron chi connectivity index (χ4n) is 4.95. The van der Waals surface area contributed by atoms with Gasteiger partial charge in [0.25, 0.3) is 0 Å². The van der Waals surface area contributed by atoms with Gasteiger partial charge in [-0.25, -0.2) is 4.98 Å². The SMILES string of the molecule is Cc1ccc(NC(=O)C2CCN(C(=O)Cc3c(C)nc4ccccc4c3-c3ccccc3)CC2)nc1. The number of piperidine rings is 1. The summed E-state index contributed by atoms with van der Waals surface area (Å²) in [5, 5.41) is 3.96. The second-order valence-corrected chi connectivity index (χ2v) is 9.48. The first-order valence-corrected chi connectivity index (χ1v) is 12.4. The molecule has 0 unspecified atom stereocenters. The monoisotopic (exact) mass is 478 g/mol. The zero-order chi connectivity index (χ0) is 25.1. The summed E-state index contributed by atoms with van der Waals surface area (Å²) in [4.78, 5) is 37.1. The van der Waals surface area contributed by atoms with E-state index in [0.29, 0.717) is 31.7 Å². The molecular weight excluding hydrogens is 448 g/mol. The van der Waals surface area contributed by atoms with Gasteiger partial charge >= 0.3 is 0 Å². The van der Waals surface area contributed by atoms with Crippen molar-refractivity contribution in [1.82, 2.24) is 14.9 Å². The van der Waals surface area contributed by atoms with Crippen molar-refractivity contribution >= 4 is 28.5 Å². The normalized spacial score (nSPS) is 14.1. The van der Waals surface area contributed by atoms with Gasteiger partial charge in [0.05, 0.1) is 11.9 Å². The van der Waals surface area contributed by atoms with Crippen molar-refractivity contribution in [3.63, 3.8) is 0 Å². The van der Waals surface area contributed by atoms with E-state index in [4.69, 9.17) is 4.98 Å². The van der Waals surface area contributed by atoms with Gasteiger partial charge in [0, 0.05) is 36.3 Å². The number of carbonyl (C=O) groups excluding carboxylic acids is 2. The number of aromatic nitrogens is 2. The minimum atomic E-state index is -0.124. The molecule has 5 rings (SSSR count). The van der Waals surface area contributed by atoms with Crippen LogP contribution >= 0.6 is 0 Å². The van der Waals surface area contributed by atoms with Gasteiger partial charge in [0.1, 0.15) is 5.82 Å². The number of aryl methyl sites for hydroxylation is 2. The predicted molar refractivity (Wildman–Crippen MR) is 143 cm³/mol. The number of hydrogen-bond donors (Lipinski definition) is 1. The van der Waals surface area contributed by atoms with E-state index in [1.165, 1.54) is 0 Å². The smallest absolute Gasteiger partial charge is 0.228 e. The van der Waals surface area contributed by atoms with E-state index in [-0.39, 0.29) is 24.2 Å². The Labute approximate surface area is 211 Å². The molecule has 6 heteroatoms. The summed E-state index contributed by atoms with van der Waals surface area (Å²) in [5.74, 6) is 0.490. The van der Waals surface area contributed by atoms with Crippen LogP contribution in [0.3, 0.4) is 0 Å². The molecule has 2 aromatic carbocycles. The van der Waals surface area contributed by atoms with Gasteiger partial charge in [-0.05, 0) is 61.1 Å². The van der Waals surface area contributed by atoms with Crippen molar-refractivity contribution in [3.8, 4) is 11.1 Å². The lowest BCUT2D eigenvalue weighted by Gasteiger charge is -2.31. The van der Waals surface area contributed by atoms with Gasteiger partial charge in [-0.1, -0.05) is 54.6 Å². The van der Waals surface area contributed by atoms with Crippen molar-refractivity contribution < 1.29 is 9.59 Å². The Hall–Kier alpha value is -4.06. The van der Waals surface area contributed by atoms with Gasteiger partial charge in [-0.15, -0.1) is 0 Å². The molecule has 1 N–H and O–H groups in total. The van der Waals surface area contributed by atoms with Crippen LogP contribution in [-0.4, -0.2) is 39.8 Å². The second-order valence-electron chi connectivity index (χ2n) is 9.48. The average molecular weight is 479 g/mol. The highest BCUT2D eigenvalue weighted by Gasteiger charge is 2.28. The van der Waals surface area contributed by atoms with E-state index >= 15 is 0 Å². The molecule has 6 nitrogen and oxygen atoms in total. The number of nitrogens with zero attached hydrogens (tertiary/aromatic N) is 3. The first-order chi connectivity index (χ1) is 17.5. The van der Waals surface area contributed by atoms with Crippen molar-refractivity contribution in [2.45, 2.75) is 33.1 Å². The number of fused-ring (bicyclic) bond motifs is 1. The number of benzene rings is 2. The molecule has 1 fully saturated rings. The van der Waals surface area contributed by atoms with Crippen LogP contribution in [0.2, 0.25) is 0 Å². The number of para-hydroxylation sites is 1. The van der Waals surface area contributed by atoms with Crippen molar-refractivity contribution in [2.75, 3.05) is 18.4 Å². The Balaban J connectivity index is 1.31. The number of amides is 2. The van der Waals surface area contributed by atoms with E-state index in [2.05, 4.69) is 28.5 Å². The first-order valence-electron chi connectivity index (χ1n) is 12.4. The third kappa shape index (κ3) is 4.98. The third-order valence-corrected chi connectivity index (χ3v) is 6.97. The summed E-state index contributed by atoms with van der Waals surface area (Å²) < 4.78 is 0. The number of pyridine rings is 2. The van der Waals surface area contributed by atoms with E-state index in [1.807, 2.05) is 67.3 Å². The number of anilines is 1. The number of carbonyl (C=O) groups is 2. The summed E-state index contributed by atoms with van der Waals surface area (Å²) in [5.41, 5.74) is 5.98. The quantitative estimate of drug-likeness (QED) is 0.421. The summed E-state index contributed by atoms with van der Waals surface area (Å²) in [6.07, 6.45) is 3.32. The summed E-state index contributed by atoms with van der Waals surface area (Å²) >= 11 is 0. The minimum Gasteiger partial charge on any atom is -0.342 e. The molecule has 3 heterocycles. The molecule has 0 spiro atoms. The van der Waals surface area contributed by atoms with Gasteiger partial charge in [0.2, 0.25) is 11.8 Å². The maximum absolute atomic E-state index is 13.4. The van der Waals surface area contributed by atoms with Crippen LogP contribution in [0.25, 0.3) is 22.0 Å². The average Bonchev–Trinajstić information content (AvgIpc) is 2.91. The number of likely N-dealkylation sites (tertiary alicyclic amines) is 1. The summed E-state index contributed by atoms with van der Waals surface area (Å²) in [6, 6.07) is 22.1. The minimum absolute atomic E-state index is 0.0283. The highest BCUT2D eigenvalue weighted by Crippen LogP contribution is 2.33. The van der Waals surface area contributed by atoms with Gasteiger partial charge in [-0.3, -0.25) is 14.6 Å². The number of nitrogens with one attached hydrogen (secondary N) is 1. The molecule has 1 saturated heterocycles. The molecule has 4 aromatic rings. The van der Waals surface area contributed by atoms with Crippen LogP contribution in [-0.2, 0) is 16.0 Å². The highest BCUT2D eigenvalue weighted by atomic mass is 16.2. The fraction of sp³-hybridized carbons (Fsp3) is 0.267. The van der Waals surface area contributed by atoms with Gasteiger partial charge in [0.15, 0.2) is 0 Å². The second kappa shape index (κ2) is 10.3. The van der Waals surface area contributed by atoms with Crippen molar-refractivity contribution in [3.05, 3.63) is 89.7 Å². The van der Waals surface area contributed by atoms with Crippen LogP contribution in [0.15, 0.2) is 72.9 Å². The van der Waals surface area contributed by atoms with E-state index in [9.17, 15) is 9.59 Å². The molecule has 0 atom stereocenters. The maximum Gasteiger partial charge on any atom is 0.228 e. The first kappa shape index (κ1) is 23.7. The fourth-order valence-corrected chi connectivity index (χ4v) is 4.95. The van der Waals surface area contributed by atoms with Crippen LogP contribution in [0.1, 0.15) is 29.7 Å². The van der Waals surface area contributed by atoms with Gasteiger partial charge in [-0.2, -0.15) is 0 Å². The molecule has 2 aromatic heterocycles. The van der Waals surface area contributed by atoms with Crippen LogP contribution in [0.5, 0.6) is 0 Å². The van der Waals surface area contributed by atoms with Gasteiger partial charge < -0.3 is 10.2 Å². The lowest BCUT2D eigenvalue weighted by atomic mass is 9.91. The number of hydrogen-bond acceptors (Lipinski definition) is 4. The standard InChI is InChI=1S/C30H30N4O2/c1-20-12-13-27(31-19-20)33-30(36)23-14-16-34(17-15-23)28(35)18-25-21(2)32-26-11-7-6-10-24(26)29(25)22-8-4-3-5-9-22/h3-13,19,23H,14-18H2,1-2H3,(H,31,33,36). The Bertz CT molecular complexity index is 1390. The zero-order valence-corrected chi connectivity index (χ0v) is 20.7. The van der Waals surface area contributed by atoms with Crippen molar-refractivity contribution in [1.29, 1.82) is 0 Å². The molecule has 0 aliphatic carbocycles. The van der Waals surface area contributed by atoms with Crippen LogP contribution in [0.4, 0.5) is 5.82 Å². The summed E-state index contributed by atoms with van der Waals surface area (Å²) in [7, 11) is 0. The molecular formula is C30H30N4O2. The molecule has 1 aliphatic rings. The maximum atomic E-state index is 13.4. The molecule has 0 radical (unpaired) electrons. The molecule has 36 heavy (non-hydrogen) atoms. The Morgan fingerprint density at radius 3 is 2.39 bits per heavy atom. The number of rotatable bonds is 5. The van der Waals surface area contributed by atoms with E-state index in [1.54, 1.807) is 6.20 Å². The topological polar surface area (TPSA) is 75.2 Å². The highest BCUT2D eigenvalue weighted by molar-refractivity contribution is 5.98. The molecule has 182 valence electrons. The largest absolute Gasteiger partial charge is 0.342 e.